The summed E-state index contributed by atoms with van der Waals surface area (Å²) < 4.78 is 3.41. The SMILES string of the molecule is O=C(O)C(CS)N=[Se]. The van der Waals surface area contributed by atoms with Crippen LogP contribution in [0.4, 0.5) is 0 Å². The van der Waals surface area contributed by atoms with E-state index in [1.54, 1.807) is 0 Å². The van der Waals surface area contributed by atoms with E-state index >= 15 is 0 Å². The van der Waals surface area contributed by atoms with E-state index in [2.05, 4.69) is 32.4 Å². The van der Waals surface area contributed by atoms with Gasteiger partial charge < -0.3 is 0 Å². The van der Waals surface area contributed by atoms with Gasteiger partial charge in [0.05, 0.1) is 0 Å². The summed E-state index contributed by atoms with van der Waals surface area (Å²) in [6.45, 7) is 0. The first-order valence-electron chi connectivity index (χ1n) is 1.88. The molecule has 0 aliphatic carbocycles. The predicted molar refractivity (Wildman–Crippen MR) is 33.5 cm³/mol. The second kappa shape index (κ2) is 4.06. The number of hydrogen-bond acceptors (Lipinski definition) is 3. The van der Waals surface area contributed by atoms with Crippen LogP contribution in [-0.2, 0) is 4.79 Å². The molecule has 0 spiro atoms. The van der Waals surface area contributed by atoms with Crippen molar-refractivity contribution >= 4 is 34.4 Å². The van der Waals surface area contributed by atoms with Crippen LogP contribution < -0.4 is 0 Å². The van der Waals surface area contributed by atoms with Gasteiger partial charge in [0.1, 0.15) is 0 Å². The summed E-state index contributed by atoms with van der Waals surface area (Å²) in [6, 6.07) is -0.696. The van der Waals surface area contributed by atoms with Gasteiger partial charge in [0.25, 0.3) is 0 Å². The molecule has 0 heterocycles. The van der Waals surface area contributed by atoms with Crippen LogP contribution in [-0.4, -0.2) is 38.7 Å². The van der Waals surface area contributed by atoms with Gasteiger partial charge in [-0.1, -0.05) is 0 Å². The summed E-state index contributed by atoms with van der Waals surface area (Å²) in [4.78, 5) is 10.00. The number of nitrogens with zero attached hydrogens (tertiary/aromatic N) is 1. The van der Waals surface area contributed by atoms with Crippen molar-refractivity contribution in [1.82, 2.24) is 0 Å². The average Bonchev–Trinajstić information content (AvgIpc) is 1.69. The van der Waals surface area contributed by atoms with E-state index in [1.807, 2.05) is 0 Å². The Morgan fingerprint density at radius 1 is 2.00 bits per heavy atom. The van der Waals surface area contributed by atoms with Crippen molar-refractivity contribution in [1.29, 1.82) is 0 Å². The topological polar surface area (TPSA) is 49.7 Å². The quantitative estimate of drug-likeness (QED) is 0.484. The summed E-state index contributed by atoms with van der Waals surface area (Å²) >= 11 is 6.01. The summed E-state index contributed by atoms with van der Waals surface area (Å²) in [7, 11) is 0. The molecule has 1 atom stereocenters. The molecule has 0 saturated carbocycles. The molecule has 0 rings (SSSR count). The van der Waals surface area contributed by atoms with E-state index in [9.17, 15) is 4.79 Å². The Kier molecular flexibility index (Phi) is 4.13. The molecule has 1 N–H and O–H groups in total. The Morgan fingerprint density at radius 3 is 2.50 bits per heavy atom. The molecular weight excluding hydrogens is 193 g/mol. The first-order valence-corrected chi connectivity index (χ1v) is 3.28. The maximum absolute atomic E-state index is 10.00. The Hall–Kier alpha value is 0.139. The summed E-state index contributed by atoms with van der Waals surface area (Å²) in [6.07, 6.45) is 0. The molecule has 46 valence electrons. The molecule has 0 aliphatic heterocycles. The maximum atomic E-state index is 10.00. The average molecular weight is 198 g/mol. The van der Waals surface area contributed by atoms with E-state index in [0.29, 0.717) is 0 Å². The molecule has 0 fully saturated rings. The van der Waals surface area contributed by atoms with Crippen LogP contribution in [0.2, 0.25) is 0 Å². The Morgan fingerprint density at radius 2 is 2.50 bits per heavy atom. The molecule has 0 aromatic heterocycles. The molecule has 0 bridgehead atoms. The minimum absolute atomic E-state index is 0.238. The summed E-state index contributed by atoms with van der Waals surface area (Å²) in [5.74, 6) is -0.707. The van der Waals surface area contributed by atoms with Crippen molar-refractivity contribution in [3.63, 3.8) is 0 Å². The van der Waals surface area contributed by atoms with Crippen LogP contribution in [0.3, 0.4) is 0 Å². The zero-order chi connectivity index (χ0) is 6.57. The van der Waals surface area contributed by atoms with Gasteiger partial charge in [0, 0.05) is 0 Å². The third-order valence-electron chi connectivity index (χ3n) is 0.585. The zero-order valence-electron chi connectivity index (χ0n) is 3.94. The molecule has 0 radical (unpaired) electrons. The Labute approximate surface area is 60.5 Å². The van der Waals surface area contributed by atoms with Crippen molar-refractivity contribution < 1.29 is 9.90 Å². The van der Waals surface area contributed by atoms with Gasteiger partial charge in [-0.2, -0.15) is 0 Å². The van der Waals surface area contributed by atoms with Crippen LogP contribution >= 0.6 is 12.6 Å². The Bertz CT molecular complexity index is 107. The van der Waals surface area contributed by atoms with Crippen molar-refractivity contribution in [2.75, 3.05) is 5.75 Å². The van der Waals surface area contributed by atoms with Crippen molar-refractivity contribution in [2.45, 2.75) is 6.04 Å². The predicted octanol–water partition coefficient (Wildman–Crippen LogP) is -0.279. The Balaban J connectivity index is 3.69. The molecule has 0 saturated heterocycles. The first-order chi connectivity index (χ1) is 3.72. The van der Waals surface area contributed by atoms with Crippen molar-refractivity contribution in [2.24, 2.45) is 3.96 Å². The van der Waals surface area contributed by atoms with E-state index < -0.39 is 12.0 Å². The van der Waals surface area contributed by atoms with E-state index in [4.69, 9.17) is 5.11 Å². The van der Waals surface area contributed by atoms with Crippen LogP contribution in [0.15, 0.2) is 3.96 Å². The van der Waals surface area contributed by atoms with Crippen molar-refractivity contribution in [3.8, 4) is 0 Å². The van der Waals surface area contributed by atoms with E-state index in [0.717, 1.165) is 0 Å². The molecule has 0 aromatic rings. The third kappa shape index (κ3) is 2.45. The number of rotatable bonds is 3. The van der Waals surface area contributed by atoms with Gasteiger partial charge >= 0.3 is 60.1 Å². The minimum atomic E-state index is -0.946. The van der Waals surface area contributed by atoms with Crippen LogP contribution in [0.25, 0.3) is 0 Å². The number of hydrogen-bond donors (Lipinski definition) is 2. The monoisotopic (exact) mass is 199 g/mol. The number of aliphatic carboxylic acids is 1. The van der Waals surface area contributed by atoms with Crippen molar-refractivity contribution in [3.05, 3.63) is 0 Å². The van der Waals surface area contributed by atoms with Gasteiger partial charge in [0.15, 0.2) is 0 Å². The fourth-order valence-electron chi connectivity index (χ4n) is 0.157. The molecule has 0 aromatic carbocycles. The third-order valence-corrected chi connectivity index (χ3v) is 1.47. The zero-order valence-corrected chi connectivity index (χ0v) is 6.55. The molecule has 5 heteroatoms. The molecule has 0 amide bonds. The fraction of sp³-hybridized carbons (Fsp3) is 0.667. The van der Waals surface area contributed by atoms with Gasteiger partial charge in [-0.05, 0) is 0 Å². The van der Waals surface area contributed by atoms with Crippen LogP contribution in [0.5, 0.6) is 0 Å². The van der Waals surface area contributed by atoms with Gasteiger partial charge in [0.2, 0.25) is 0 Å². The fourth-order valence-corrected chi connectivity index (χ4v) is 0.988. The number of thiol groups is 1. The standard InChI is InChI=1S/C3H5NO2SSe/c5-3(6)2(1-7)4-8/h2,7H,1H2,(H,5,6). The number of carboxylic acids is 1. The van der Waals surface area contributed by atoms with Gasteiger partial charge in [-0.3, -0.25) is 0 Å². The number of carbonyl (C=O) groups is 1. The second-order valence-electron chi connectivity index (χ2n) is 1.14. The first kappa shape index (κ1) is 8.14. The molecule has 1 unspecified atom stereocenters. The molecular formula is C3H5NO2SSe. The normalized spacial score (nSPS) is 12.6. The molecule has 3 nitrogen and oxygen atoms in total. The molecule has 8 heavy (non-hydrogen) atoms. The van der Waals surface area contributed by atoms with Crippen LogP contribution in [0.1, 0.15) is 0 Å². The van der Waals surface area contributed by atoms with Gasteiger partial charge in [-0.25, -0.2) is 0 Å². The van der Waals surface area contributed by atoms with Crippen LogP contribution in [0, 0.1) is 0 Å². The second-order valence-corrected chi connectivity index (χ2v) is 1.95. The summed E-state index contributed by atoms with van der Waals surface area (Å²) in [5.41, 5.74) is 0. The van der Waals surface area contributed by atoms with E-state index in [1.165, 1.54) is 0 Å². The number of carboxylic acid groups (broad SMARTS) is 1. The summed E-state index contributed by atoms with van der Waals surface area (Å²) in [5, 5.41) is 8.21. The van der Waals surface area contributed by atoms with E-state index in [-0.39, 0.29) is 5.75 Å². The molecule has 0 aliphatic rings. The van der Waals surface area contributed by atoms with Gasteiger partial charge in [-0.15, -0.1) is 0 Å².